The lowest BCUT2D eigenvalue weighted by Gasteiger charge is -2.19. The Labute approximate surface area is 153 Å². The van der Waals surface area contributed by atoms with Crippen molar-refractivity contribution in [3.8, 4) is 0 Å². The number of hydrogen-bond acceptors (Lipinski definition) is 3. The summed E-state index contributed by atoms with van der Waals surface area (Å²) in [6, 6.07) is 15.1. The van der Waals surface area contributed by atoms with E-state index in [0.717, 1.165) is 5.56 Å². The lowest BCUT2D eigenvalue weighted by atomic mass is 9.95. The Morgan fingerprint density at radius 3 is 2.24 bits per heavy atom. The van der Waals surface area contributed by atoms with Crippen LogP contribution in [0.3, 0.4) is 0 Å². The van der Waals surface area contributed by atoms with Gasteiger partial charge >= 0.3 is 0 Å². The molecule has 0 aliphatic rings. The number of thioether (sulfide) groups is 1. The van der Waals surface area contributed by atoms with Gasteiger partial charge in [0.2, 0.25) is 5.91 Å². The van der Waals surface area contributed by atoms with Gasteiger partial charge in [0.15, 0.2) is 0 Å². The molecule has 4 nitrogen and oxygen atoms in total. The molecule has 0 radical (unpaired) electrons. The summed E-state index contributed by atoms with van der Waals surface area (Å²) < 4.78 is 0. The molecule has 0 aliphatic heterocycles. The Balaban J connectivity index is 2.07. The molecule has 0 aromatic heterocycles. The number of amides is 2. The van der Waals surface area contributed by atoms with Crippen molar-refractivity contribution in [3.05, 3.63) is 59.7 Å². The van der Waals surface area contributed by atoms with E-state index < -0.39 is 5.41 Å². The first-order valence-corrected chi connectivity index (χ1v) is 9.35. The highest BCUT2D eigenvalue weighted by atomic mass is 32.2. The number of hydrogen-bond donors (Lipinski definition) is 2. The van der Waals surface area contributed by atoms with Gasteiger partial charge in [0.05, 0.1) is 11.3 Å². The third-order valence-electron chi connectivity index (χ3n) is 3.71. The van der Waals surface area contributed by atoms with Crippen LogP contribution in [-0.4, -0.2) is 18.1 Å². The monoisotopic (exact) mass is 356 g/mol. The lowest BCUT2D eigenvalue weighted by molar-refractivity contribution is -0.123. The third kappa shape index (κ3) is 5.36. The summed E-state index contributed by atoms with van der Waals surface area (Å²) in [4.78, 5) is 25.9. The second-order valence-corrected chi connectivity index (χ2v) is 7.66. The number of nitrogens with one attached hydrogen (secondary N) is 2. The summed E-state index contributed by atoms with van der Waals surface area (Å²) in [6.45, 7) is 5.95. The molecule has 0 saturated heterocycles. The molecule has 0 spiro atoms. The molecule has 2 aromatic rings. The number of benzene rings is 2. The fraction of sp³-hybridized carbons (Fsp3) is 0.300. The fourth-order valence-corrected chi connectivity index (χ4v) is 2.53. The maximum Gasteiger partial charge on any atom is 0.253 e. The van der Waals surface area contributed by atoms with Crippen molar-refractivity contribution in [2.24, 2.45) is 5.41 Å². The van der Waals surface area contributed by atoms with E-state index in [1.54, 1.807) is 36.0 Å². The predicted molar refractivity (Wildman–Crippen MR) is 104 cm³/mol. The second-order valence-electron chi connectivity index (χ2n) is 6.78. The van der Waals surface area contributed by atoms with Crippen molar-refractivity contribution in [2.75, 3.05) is 11.6 Å². The molecule has 0 heterocycles. The van der Waals surface area contributed by atoms with Crippen LogP contribution in [0.25, 0.3) is 0 Å². The molecule has 0 aliphatic carbocycles. The molecular weight excluding hydrogens is 332 g/mol. The Morgan fingerprint density at radius 2 is 1.64 bits per heavy atom. The third-order valence-corrected chi connectivity index (χ3v) is 4.46. The zero-order valence-electron chi connectivity index (χ0n) is 15.1. The van der Waals surface area contributed by atoms with Crippen LogP contribution in [0, 0.1) is 5.41 Å². The van der Waals surface area contributed by atoms with Gasteiger partial charge in [-0.2, -0.15) is 0 Å². The summed E-state index contributed by atoms with van der Waals surface area (Å²) in [5.41, 5.74) is 1.49. The molecule has 2 aromatic carbocycles. The minimum Gasteiger partial charge on any atom is -0.348 e. The average Bonchev–Trinajstić information content (AvgIpc) is 2.59. The standard InChI is InChI=1S/C20H24N2O2S/c1-20(2,3)19(24)22-17-8-6-5-7-16(17)18(23)21-13-14-9-11-15(25-4)12-10-14/h5-12H,13H2,1-4H3,(H,21,23)(H,22,24). The zero-order valence-corrected chi connectivity index (χ0v) is 15.9. The Hall–Kier alpha value is -2.27. The van der Waals surface area contributed by atoms with E-state index >= 15 is 0 Å². The van der Waals surface area contributed by atoms with Gasteiger partial charge in [-0.15, -0.1) is 11.8 Å². The van der Waals surface area contributed by atoms with Gasteiger partial charge in [-0.3, -0.25) is 9.59 Å². The lowest BCUT2D eigenvalue weighted by Crippen LogP contribution is -2.30. The van der Waals surface area contributed by atoms with Gasteiger partial charge in [-0.05, 0) is 36.1 Å². The van der Waals surface area contributed by atoms with Crippen molar-refractivity contribution in [1.82, 2.24) is 5.32 Å². The number of para-hydroxylation sites is 1. The van der Waals surface area contributed by atoms with Gasteiger partial charge in [-0.1, -0.05) is 45.0 Å². The second kappa shape index (κ2) is 8.21. The van der Waals surface area contributed by atoms with Crippen LogP contribution in [0.1, 0.15) is 36.7 Å². The first-order valence-electron chi connectivity index (χ1n) is 8.13. The summed E-state index contributed by atoms with van der Waals surface area (Å²) in [5, 5.41) is 5.75. The molecule has 0 fully saturated rings. The van der Waals surface area contributed by atoms with Crippen molar-refractivity contribution in [2.45, 2.75) is 32.2 Å². The smallest absolute Gasteiger partial charge is 0.253 e. The largest absolute Gasteiger partial charge is 0.348 e. The van der Waals surface area contributed by atoms with Crippen molar-refractivity contribution < 1.29 is 9.59 Å². The van der Waals surface area contributed by atoms with Gasteiger partial charge in [0.1, 0.15) is 0 Å². The summed E-state index contributed by atoms with van der Waals surface area (Å²) >= 11 is 1.68. The number of rotatable bonds is 5. The molecule has 132 valence electrons. The van der Waals surface area contributed by atoms with E-state index in [-0.39, 0.29) is 11.8 Å². The Morgan fingerprint density at radius 1 is 1.00 bits per heavy atom. The van der Waals surface area contributed by atoms with Crippen molar-refractivity contribution >= 4 is 29.3 Å². The Kier molecular flexibility index (Phi) is 6.26. The van der Waals surface area contributed by atoms with Crippen molar-refractivity contribution in [3.63, 3.8) is 0 Å². The highest BCUT2D eigenvalue weighted by Gasteiger charge is 2.23. The molecule has 25 heavy (non-hydrogen) atoms. The topological polar surface area (TPSA) is 58.2 Å². The molecule has 5 heteroatoms. The van der Waals surface area contributed by atoms with Crippen LogP contribution in [0.4, 0.5) is 5.69 Å². The van der Waals surface area contributed by atoms with E-state index in [2.05, 4.69) is 10.6 Å². The van der Waals surface area contributed by atoms with E-state index in [4.69, 9.17) is 0 Å². The van der Waals surface area contributed by atoms with Crippen LogP contribution < -0.4 is 10.6 Å². The summed E-state index contributed by atoms with van der Waals surface area (Å²) in [7, 11) is 0. The van der Waals surface area contributed by atoms with Gasteiger partial charge in [-0.25, -0.2) is 0 Å². The number of carbonyl (C=O) groups excluding carboxylic acids is 2. The maximum absolute atomic E-state index is 12.5. The molecule has 0 bridgehead atoms. The first kappa shape index (κ1) is 19.1. The molecule has 0 atom stereocenters. The normalized spacial score (nSPS) is 11.0. The molecule has 2 N–H and O–H groups in total. The van der Waals surface area contributed by atoms with E-state index in [1.165, 1.54) is 4.90 Å². The number of anilines is 1. The maximum atomic E-state index is 12.5. The van der Waals surface area contributed by atoms with Crippen LogP contribution in [0.5, 0.6) is 0 Å². The summed E-state index contributed by atoms with van der Waals surface area (Å²) in [6.07, 6.45) is 2.03. The van der Waals surface area contributed by atoms with E-state index in [0.29, 0.717) is 17.8 Å². The molecular formula is C20H24N2O2S. The van der Waals surface area contributed by atoms with Crippen LogP contribution >= 0.6 is 11.8 Å². The molecule has 0 unspecified atom stereocenters. The first-order chi connectivity index (χ1) is 11.8. The van der Waals surface area contributed by atoms with Gasteiger partial charge in [0.25, 0.3) is 5.91 Å². The van der Waals surface area contributed by atoms with E-state index in [1.807, 2.05) is 51.3 Å². The molecule has 0 saturated carbocycles. The zero-order chi connectivity index (χ0) is 18.4. The van der Waals surface area contributed by atoms with Crippen LogP contribution in [0.15, 0.2) is 53.4 Å². The predicted octanol–water partition coefficient (Wildman–Crippen LogP) is 4.32. The number of carbonyl (C=O) groups is 2. The minimum atomic E-state index is -0.525. The van der Waals surface area contributed by atoms with Gasteiger partial charge < -0.3 is 10.6 Å². The van der Waals surface area contributed by atoms with Crippen LogP contribution in [0.2, 0.25) is 0 Å². The highest BCUT2D eigenvalue weighted by molar-refractivity contribution is 7.98. The SMILES string of the molecule is CSc1ccc(CNC(=O)c2ccccc2NC(=O)C(C)(C)C)cc1. The minimum absolute atomic E-state index is 0.125. The Bertz CT molecular complexity index is 749. The average molecular weight is 356 g/mol. The van der Waals surface area contributed by atoms with Crippen LogP contribution in [-0.2, 0) is 11.3 Å². The fourth-order valence-electron chi connectivity index (χ4n) is 2.12. The van der Waals surface area contributed by atoms with Gasteiger partial charge in [0, 0.05) is 16.9 Å². The van der Waals surface area contributed by atoms with E-state index in [9.17, 15) is 9.59 Å². The van der Waals surface area contributed by atoms with Crippen molar-refractivity contribution in [1.29, 1.82) is 0 Å². The summed E-state index contributed by atoms with van der Waals surface area (Å²) in [5.74, 6) is -0.334. The highest BCUT2D eigenvalue weighted by Crippen LogP contribution is 2.21. The molecule has 2 rings (SSSR count). The quantitative estimate of drug-likeness (QED) is 0.784. The molecule has 2 amide bonds.